The van der Waals surface area contributed by atoms with E-state index in [-0.39, 0.29) is 8.76 Å². The lowest BCUT2D eigenvalue weighted by Crippen LogP contribution is -2.25. The fourth-order valence-corrected chi connectivity index (χ4v) is 2.27. The Kier molecular flexibility index (Phi) is 4.37. The standard InChI is InChI=1S/C15H22N2O.2H2/c1-11(2)16-9-8-12-6-7-13-4-3-5-15(18)17-14(13)10-12;;/h6-7,10-11,16H,3-5,8-9H2,1-2H3,(H,17,18);2*1H. The van der Waals surface area contributed by atoms with E-state index >= 15 is 0 Å². The van der Waals surface area contributed by atoms with Crippen molar-refractivity contribution in [3.8, 4) is 0 Å². The van der Waals surface area contributed by atoms with Gasteiger partial charge in [0.05, 0.1) is 0 Å². The highest BCUT2D eigenvalue weighted by atomic mass is 16.1. The van der Waals surface area contributed by atoms with Crippen molar-refractivity contribution in [2.75, 3.05) is 11.9 Å². The van der Waals surface area contributed by atoms with Gasteiger partial charge in [0.2, 0.25) is 5.91 Å². The van der Waals surface area contributed by atoms with E-state index in [1.165, 1.54) is 11.1 Å². The number of amides is 1. The van der Waals surface area contributed by atoms with Crippen molar-refractivity contribution >= 4 is 11.6 Å². The molecule has 0 saturated heterocycles. The van der Waals surface area contributed by atoms with Crippen molar-refractivity contribution in [1.82, 2.24) is 5.32 Å². The molecule has 0 aliphatic carbocycles. The van der Waals surface area contributed by atoms with Crippen molar-refractivity contribution in [3.05, 3.63) is 29.3 Å². The third-order valence-corrected chi connectivity index (χ3v) is 3.26. The van der Waals surface area contributed by atoms with Crippen molar-refractivity contribution in [2.24, 2.45) is 0 Å². The molecule has 0 bridgehead atoms. The van der Waals surface area contributed by atoms with Crippen molar-refractivity contribution in [1.29, 1.82) is 0 Å². The molecular weight excluding hydrogens is 224 g/mol. The van der Waals surface area contributed by atoms with Gasteiger partial charge in [-0.2, -0.15) is 0 Å². The Morgan fingerprint density at radius 2 is 2.22 bits per heavy atom. The number of carbonyl (C=O) groups is 1. The zero-order chi connectivity index (χ0) is 13.0. The van der Waals surface area contributed by atoms with E-state index in [4.69, 9.17) is 0 Å². The maximum absolute atomic E-state index is 11.5. The van der Waals surface area contributed by atoms with Crippen LogP contribution >= 0.6 is 0 Å². The number of fused-ring (bicyclic) bond motifs is 1. The van der Waals surface area contributed by atoms with Crippen LogP contribution in [0.1, 0.15) is 40.7 Å². The Bertz CT molecular complexity index is 436. The lowest BCUT2D eigenvalue weighted by Gasteiger charge is -2.11. The Morgan fingerprint density at radius 1 is 1.39 bits per heavy atom. The van der Waals surface area contributed by atoms with Crippen molar-refractivity contribution < 1.29 is 7.65 Å². The number of aryl methyl sites for hydroxylation is 1. The summed E-state index contributed by atoms with van der Waals surface area (Å²) < 4.78 is 0. The summed E-state index contributed by atoms with van der Waals surface area (Å²) in [5, 5.41) is 6.41. The van der Waals surface area contributed by atoms with E-state index < -0.39 is 0 Å². The van der Waals surface area contributed by atoms with Crippen LogP contribution in [0.15, 0.2) is 18.2 Å². The van der Waals surface area contributed by atoms with Crippen LogP contribution in [0, 0.1) is 0 Å². The first-order valence-electron chi connectivity index (χ1n) is 6.80. The molecule has 18 heavy (non-hydrogen) atoms. The maximum atomic E-state index is 11.5. The molecule has 102 valence electrons. The molecule has 1 heterocycles. The van der Waals surface area contributed by atoms with E-state index in [0.717, 1.165) is 31.5 Å². The molecule has 0 unspecified atom stereocenters. The van der Waals surface area contributed by atoms with Crippen molar-refractivity contribution in [2.45, 2.75) is 45.6 Å². The number of carbonyl (C=O) groups excluding carboxylic acids is 1. The minimum absolute atomic E-state index is 0. The Hall–Kier alpha value is -1.35. The SMILES string of the molecule is CC(C)NCCc1ccc2c(c1)NC(=O)CCC2.[HH].[HH]. The normalized spacial score (nSPS) is 15.2. The van der Waals surface area contributed by atoms with Crippen molar-refractivity contribution in [3.63, 3.8) is 0 Å². The summed E-state index contributed by atoms with van der Waals surface area (Å²) in [6, 6.07) is 6.98. The first kappa shape index (κ1) is 13.1. The number of nitrogens with one attached hydrogen (secondary N) is 2. The van der Waals surface area contributed by atoms with Gasteiger partial charge < -0.3 is 10.6 Å². The zero-order valence-electron chi connectivity index (χ0n) is 11.3. The molecule has 0 radical (unpaired) electrons. The first-order valence-corrected chi connectivity index (χ1v) is 6.80. The molecule has 0 saturated carbocycles. The largest absolute Gasteiger partial charge is 0.326 e. The Balaban J connectivity index is 0.00000180. The van der Waals surface area contributed by atoms with Gasteiger partial charge in [-0.05, 0) is 43.0 Å². The summed E-state index contributed by atoms with van der Waals surface area (Å²) >= 11 is 0. The highest BCUT2D eigenvalue weighted by Crippen LogP contribution is 2.23. The molecule has 3 heteroatoms. The van der Waals surface area contributed by atoms with E-state index in [1.807, 2.05) is 0 Å². The molecule has 3 nitrogen and oxygen atoms in total. The minimum Gasteiger partial charge on any atom is -0.326 e. The fraction of sp³-hybridized carbons (Fsp3) is 0.533. The lowest BCUT2D eigenvalue weighted by molar-refractivity contribution is -0.116. The predicted octanol–water partition coefficient (Wildman–Crippen LogP) is 2.99. The van der Waals surface area contributed by atoms with Gasteiger partial charge in [0.25, 0.3) is 0 Å². The predicted molar refractivity (Wildman–Crippen MR) is 79.1 cm³/mol. The second kappa shape index (κ2) is 6.01. The van der Waals surface area contributed by atoms with Gasteiger partial charge in [-0.3, -0.25) is 4.79 Å². The van der Waals surface area contributed by atoms with E-state index in [9.17, 15) is 4.79 Å². The van der Waals surface area contributed by atoms with E-state index in [2.05, 4.69) is 42.7 Å². The molecule has 1 aliphatic rings. The second-order valence-corrected chi connectivity index (χ2v) is 5.25. The summed E-state index contributed by atoms with van der Waals surface area (Å²) in [7, 11) is 0. The molecule has 0 atom stereocenters. The van der Waals surface area contributed by atoms with Gasteiger partial charge in [0.15, 0.2) is 0 Å². The zero-order valence-corrected chi connectivity index (χ0v) is 11.3. The average Bonchev–Trinajstić information content (AvgIpc) is 2.48. The van der Waals surface area contributed by atoms with Crippen LogP contribution in [0.3, 0.4) is 0 Å². The van der Waals surface area contributed by atoms with Crippen LogP contribution in [-0.4, -0.2) is 18.5 Å². The summed E-state index contributed by atoms with van der Waals surface area (Å²) in [6.07, 6.45) is 3.59. The third kappa shape index (κ3) is 3.57. The first-order chi connectivity index (χ1) is 8.65. The van der Waals surface area contributed by atoms with Crippen LogP contribution in [0.2, 0.25) is 0 Å². The number of hydrogen-bond donors (Lipinski definition) is 2. The van der Waals surface area contributed by atoms with Crippen LogP contribution in [0.4, 0.5) is 5.69 Å². The van der Waals surface area contributed by atoms with E-state index in [0.29, 0.717) is 12.5 Å². The summed E-state index contributed by atoms with van der Waals surface area (Å²) in [4.78, 5) is 11.5. The summed E-state index contributed by atoms with van der Waals surface area (Å²) in [5.74, 6) is 0.145. The number of anilines is 1. The quantitative estimate of drug-likeness (QED) is 0.862. The molecule has 1 amide bonds. The van der Waals surface area contributed by atoms with Crippen LogP contribution in [0.5, 0.6) is 0 Å². The highest BCUT2D eigenvalue weighted by molar-refractivity contribution is 5.92. The van der Waals surface area contributed by atoms with Gasteiger partial charge in [-0.25, -0.2) is 0 Å². The van der Waals surface area contributed by atoms with Crippen LogP contribution < -0.4 is 10.6 Å². The van der Waals surface area contributed by atoms with Gasteiger partial charge in [-0.1, -0.05) is 26.0 Å². The molecule has 2 N–H and O–H groups in total. The second-order valence-electron chi connectivity index (χ2n) is 5.25. The van der Waals surface area contributed by atoms with Gasteiger partial charge in [-0.15, -0.1) is 0 Å². The highest BCUT2D eigenvalue weighted by Gasteiger charge is 2.12. The molecule has 2 rings (SSSR count). The molecule has 0 fully saturated rings. The van der Waals surface area contributed by atoms with Crippen LogP contribution in [-0.2, 0) is 17.6 Å². The molecule has 0 aromatic heterocycles. The maximum Gasteiger partial charge on any atom is 0.224 e. The molecule has 1 aromatic rings. The van der Waals surface area contributed by atoms with Gasteiger partial charge in [0.1, 0.15) is 0 Å². The summed E-state index contributed by atoms with van der Waals surface area (Å²) in [5.41, 5.74) is 3.56. The topological polar surface area (TPSA) is 41.1 Å². The lowest BCUT2D eigenvalue weighted by atomic mass is 10.0. The smallest absolute Gasteiger partial charge is 0.224 e. The average molecular weight is 250 g/mol. The third-order valence-electron chi connectivity index (χ3n) is 3.26. The number of hydrogen-bond acceptors (Lipinski definition) is 2. The van der Waals surface area contributed by atoms with Crippen LogP contribution in [0.25, 0.3) is 0 Å². The van der Waals surface area contributed by atoms with E-state index in [1.54, 1.807) is 0 Å². The minimum atomic E-state index is 0. The monoisotopic (exact) mass is 250 g/mol. The number of benzene rings is 1. The van der Waals surface area contributed by atoms with Gasteiger partial charge in [0, 0.05) is 21.0 Å². The fourth-order valence-electron chi connectivity index (χ4n) is 2.27. The summed E-state index contributed by atoms with van der Waals surface area (Å²) in [6.45, 7) is 5.28. The molecule has 0 spiro atoms. The Labute approximate surface area is 112 Å². The van der Waals surface area contributed by atoms with Gasteiger partial charge >= 0.3 is 0 Å². The Morgan fingerprint density at radius 3 is 3.00 bits per heavy atom. The molecule has 1 aliphatic heterocycles. The molecule has 1 aromatic carbocycles. The molecular formula is C15H26N2O. The number of rotatable bonds is 4.